The predicted octanol–water partition coefficient (Wildman–Crippen LogP) is 5.30. The van der Waals surface area contributed by atoms with Crippen molar-refractivity contribution in [3.63, 3.8) is 0 Å². The van der Waals surface area contributed by atoms with E-state index in [-0.39, 0.29) is 22.2 Å². The molecule has 1 aliphatic heterocycles. The highest BCUT2D eigenvalue weighted by molar-refractivity contribution is 7.17. The van der Waals surface area contributed by atoms with Crippen molar-refractivity contribution in [2.75, 3.05) is 11.5 Å². The number of carbonyl (C=O) groups excluding carboxylic acids is 3. The lowest BCUT2D eigenvalue weighted by atomic mass is 9.95. The number of hydrogen-bond donors (Lipinski definition) is 1. The Hall–Kier alpha value is -3.34. The highest BCUT2D eigenvalue weighted by Gasteiger charge is 2.47. The molecule has 0 bridgehead atoms. The number of rotatable bonds is 7. The van der Waals surface area contributed by atoms with E-state index in [4.69, 9.17) is 16.3 Å². The molecule has 0 spiro atoms. The number of hydrogen-bond acceptors (Lipinski definition) is 9. The third-order valence-electron chi connectivity index (χ3n) is 5.24. The van der Waals surface area contributed by atoms with Crippen LogP contribution in [-0.2, 0) is 9.53 Å². The first kappa shape index (κ1) is 24.8. The van der Waals surface area contributed by atoms with Crippen LogP contribution in [0, 0.1) is 20.8 Å². The van der Waals surface area contributed by atoms with E-state index < -0.39 is 29.5 Å². The van der Waals surface area contributed by atoms with Crippen molar-refractivity contribution in [1.29, 1.82) is 0 Å². The number of carbonyl (C=O) groups is 3. The second kappa shape index (κ2) is 9.73. The molecule has 2 aromatic heterocycles. The van der Waals surface area contributed by atoms with Gasteiger partial charge >= 0.3 is 5.97 Å². The highest BCUT2D eigenvalue weighted by Crippen LogP contribution is 2.44. The van der Waals surface area contributed by atoms with Gasteiger partial charge in [0.1, 0.15) is 11.5 Å². The van der Waals surface area contributed by atoms with Crippen LogP contribution in [0.2, 0.25) is 5.02 Å². The SMILES string of the molecule is C=CCOC(=O)c1sc(N2C(=O)C(O)=C(C(=O)c3sc(C)nc3C)C2c2cccc(Cl)c2)nc1C. The molecule has 0 fully saturated rings. The van der Waals surface area contributed by atoms with Crippen molar-refractivity contribution >= 4 is 57.1 Å². The summed E-state index contributed by atoms with van der Waals surface area (Å²) in [6.45, 7) is 8.63. The molecule has 1 amide bonds. The minimum absolute atomic E-state index is 0.0217. The number of aliphatic hydroxyl groups is 1. The fourth-order valence-corrected chi connectivity index (χ4v) is 5.83. The number of Topliss-reactive ketones (excluding diaryl/α,β-unsaturated/α-hetero) is 1. The second-order valence-corrected chi connectivity index (χ2v) is 10.3. The second-order valence-electron chi connectivity index (χ2n) is 7.67. The Kier molecular flexibility index (Phi) is 6.88. The summed E-state index contributed by atoms with van der Waals surface area (Å²) in [6.07, 6.45) is 1.44. The van der Waals surface area contributed by atoms with Gasteiger partial charge in [-0.05, 0) is 38.5 Å². The lowest BCUT2D eigenvalue weighted by Gasteiger charge is -2.24. The largest absolute Gasteiger partial charge is 0.503 e. The van der Waals surface area contributed by atoms with Crippen LogP contribution in [0.25, 0.3) is 0 Å². The molecule has 0 radical (unpaired) electrons. The van der Waals surface area contributed by atoms with Gasteiger partial charge in [-0.3, -0.25) is 14.5 Å². The van der Waals surface area contributed by atoms with Crippen LogP contribution in [-0.4, -0.2) is 39.3 Å². The van der Waals surface area contributed by atoms with Gasteiger partial charge in [0.25, 0.3) is 5.91 Å². The Balaban J connectivity index is 1.85. The normalized spacial score (nSPS) is 15.6. The van der Waals surface area contributed by atoms with Gasteiger partial charge < -0.3 is 9.84 Å². The molecule has 1 N–H and O–H groups in total. The van der Waals surface area contributed by atoms with Gasteiger partial charge in [0.15, 0.2) is 10.9 Å². The summed E-state index contributed by atoms with van der Waals surface area (Å²) < 4.78 is 5.11. The lowest BCUT2D eigenvalue weighted by molar-refractivity contribution is -0.117. The van der Waals surface area contributed by atoms with Crippen LogP contribution in [0.5, 0.6) is 0 Å². The van der Waals surface area contributed by atoms with Crippen LogP contribution in [0.4, 0.5) is 5.13 Å². The van der Waals surface area contributed by atoms with Gasteiger partial charge in [-0.15, -0.1) is 11.3 Å². The topological polar surface area (TPSA) is 110 Å². The van der Waals surface area contributed by atoms with E-state index in [2.05, 4.69) is 16.5 Å². The van der Waals surface area contributed by atoms with E-state index in [0.29, 0.717) is 31.9 Å². The van der Waals surface area contributed by atoms with Gasteiger partial charge in [-0.1, -0.05) is 47.7 Å². The summed E-state index contributed by atoms with van der Waals surface area (Å²) in [4.78, 5) is 49.8. The molecule has 3 heterocycles. The van der Waals surface area contributed by atoms with Crippen LogP contribution in [0.15, 0.2) is 48.3 Å². The van der Waals surface area contributed by atoms with E-state index in [9.17, 15) is 19.5 Å². The van der Waals surface area contributed by atoms with Crippen LogP contribution >= 0.6 is 34.3 Å². The first-order valence-electron chi connectivity index (χ1n) is 10.4. The number of ether oxygens (including phenoxy) is 1. The highest BCUT2D eigenvalue weighted by atomic mass is 35.5. The van der Waals surface area contributed by atoms with Crippen LogP contribution in [0.3, 0.4) is 0 Å². The third-order valence-corrected chi connectivity index (χ3v) is 7.68. The molecule has 1 aliphatic rings. The average molecular weight is 530 g/mol. The molecule has 0 aliphatic carbocycles. The van der Waals surface area contributed by atoms with E-state index >= 15 is 0 Å². The van der Waals surface area contributed by atoms with Gasteiger partial charge in [-0.25, -0.2) is 14.8 Å². The molecule has 11 heteroatoms. The number of aryl methyl sites for hydroxylation is 3. The summed E-state index contributed by atoms with van der Waals surface area (Å²) in [7, 11) is 0. The maximum absolute atomic E-state index is 13.6. The summed E-state index contributed by atoms with van der Waals surface area (Å²) in [5.74, 6) is -2.61. The standard InChI is InChI=1S/C24H20ClN3O5S2/c1-5-9-33-23(32)21-12(3)27-24(35-21)28-17(14-7-6-8-15(25)10-14)16(19(30)22(28)31)18(29)20-11(2)26-13(4)34-20/h5-8,10,17,30H,1,9H2,2-4H3. The van der Waals surface area contributed by atoms with Crippen molar-refractivity contribution in [2.24, 2.45) is 0 Å². The molecule has 8 nitrogen and oxygen atoms in total. The molecule has 1 aromatic carbocycles. The molecule has 0 saturated heterocycles. The predicted molar refractivity (Wildman–Crippen MR) is 135 cm³/mol. The van der Waals surface area contributed by atoms with E-state index in [1.54, 1.807) is 45.0 Å². The van der Waals surface area contributed by atoms with E-state index in [0.717, 1.165) is 11.3 Å². The third kappa shape index (κ3) is 4.52. The van der Waals surface area contributed by atoms with Crippen molar-refractivity contribution in [3.05, 3.63) is 85.0 Å². The first-order valence-corrected chi connectivity index (χ1v) is 12.4. The maximum Gasteiger partial charge on any atom is 0.350 e. The summed E-state index contributed by atoms with van der Waals surface area (Å²) >= 11 is 8.34. The number of thiazole rings is 2. The van der Waals surface area contributed by atoms with Gasteiger partial charge in [0.05, 0.1) is 32.9 Å². The number of halogens is 1. The molecular weight excluding hydrogens is 510 g/mol. The Bertz CT molecular complexity index is 1410. The number of ketones is 1. The molecule has 180 valence electrons. The Morgan fingerprint density at radius 3 is 2.54 bits per heavy atom. The van der Waals surface area contributed by atoms with Crippen LogP contribution in [0.1, 0.15) is 47.3 Å². The Labute approximate surface area is 214 Å². The molecule has 1 atom stereocenters. The fourth-order valence-electron chi connectivity index (χ4n) is 3.77. The Morgan fingerprint density at radius 1 is 1.20 bits per heavy atom. The Morgan fingerprint density at radius 2 is 1.91 bits per heavy atom. The smallest absolute Gasteiger partial charge is 0.350 e. The number of aliphatic hydroxyl groups excluding tert-OH is 1. The number of aromatic nitrogens is 2. The molecule has 4 rings (SSSR count). The molecule has 0 saturated carbocycles. The van der Waals surface area contributed by atoms with Crippen molar-refractivity contribution < 1.29 is 24.2 Å². The number of nitrogens with zero attached hydrogens (tertiary/aromatic N) is 3. The zero-order valence-electron chi connectivity index (χ0n) is 19.0. The zero-order valence-corrected chi connectivity index (χ0v) is 21.4. The van der Waals surface area contributed by atoms with Crippen molar-refractivity contribution in [2.45, 2.75) is 26.8 Å². The van der Waals surface area contributed by atoms with Crippen LogP contribution < -0.4 is 4.90 Å². The van der Waals surface area contributed by atoms with E-state index in [1.165, 1.54) is 22.3 Å². The number of amides is 1. The average Bonchev–Trinajstić information content (AvgIpc) is 3.44. The molecule has 35 heavy (non-hydrogen) atoms. The van der Waals surface area contributed by atoms with E-state index in [1.807, 2.05) is 0 Å². The summed E-state index contributed by atoms with van der Waals surface area (Å²) in [5.41, 5.74) is 1.25. The molecule has 1 unspecified atom stereocenters. The van der Waals surface area contributed by atoms with Gasteiger partial charge in [0.2, 0.25) is 5.78 Å². The summed E-state index contributed by atoms with van der Waals surface area (Å²) in [5, 5.41) is 12.1. The monoisotopic (exact) mass is 529 g/mol. The number of esters is 1. The fraction of sp³-hybridized carbons (Fsp3) is 0.208. The van der Waals surface area contributed by atoms with Gasteiger partial charge in [0, 0.05) is 5.02 Å². The quantitative estimate of drug-likeness (QED) is 0.251. The first-order chi connectivity index (χ1) is 16.6. The summed E-state index contributed by atoms with van der Waals surface area (Å²) in [6, 6.07) is 5.65. The molecular formula is C24H20ClN3O5S2. The van der Waals surface area contributed by atoms with Crippen molar-refractivity contribution in [1.82, 2.24) is 9.97 Å². The zero-order chi connectivity index (χ0) is 25.4. The maximum atomic E-state index is 13.6. The minimum atomic E-state index is -1.02. The molecule has 3 aromatic rings. The van der Waals surface area contributed by atoms with Crippen molar-refractivity contribution in [3.8, 4) is 0 Å². The van der Waals surface area contributed by atoms with Gasteiger partial charge in [-0.2, -0.15) is 0 Å². The number of anilines is 1. The lowest BCUT2D eigenvalue weighted by Crippen LogP contribution is -2.31. The minimum Gasteiger partial charge on any atom is -0.503 e. The number of benzene rings is 1.